The van der Waals surface area contributed by atoms with Crippen LogP contribution < -0.4 is 16.6 Å². The quantitative estimate of drug-likeness (QED) is 0.603. The predicted octanol–water partition coefficient (Wildman–Crippen LogP) is -0.702. The van der Waals surface area contributed by atoms with E-state index in [9.17, 15) is 9.59 Å². The minimum atomic E-state index is -0.254. The number of anilines is 1. The molecular weight excluding hydrogens is 260 g/mol. The van der Waals surface area contributed by atoms with Crippen molar-refractivity contribution < 1.29 is 4.79 Å². The van der Waals surface area contributed by atoms with Crippen molar-refractivity contribution in [1.82, 2.24) is 25.1 Å². The summed E-state index contributed by atoms with van der Waals surface area (Å²) in [5, 5.41) is 9.22. The lowest BCUT2D eigenvalue weighted by atomic mass is 10.3. The first-order valence-corrected chi connectivity index (χ1v) is 6.22. The van der Waals surface area contributed by atoms with Gasteiger partial charge in [0.05, 0.1) is 0 Å². The van der Waals surface area contributed by atoms with Gasteiger partial charge in [-0.15, -0.1) is 0 Å². The summed E-state index contributed by atoms with van der Waals surface area (Å²) in [5.74, 6) is 0.557. The van der Waals surface area contributed by atoms with Crippen LogP contribution in [-0.2, 0) is 17.8 Å². The molecule has 0 aliphatic carbocycles. The highest BCUT2D eigenvalue weighted by Gasteiger charge is 2.04. The smallest absolute Gasteiger partial charge is 0.251 e. The van der Waals surface area contributed by atoms with Crippen LogP contribution in [0, 0.1) is 0 Å². The van der Waals surface area contributed by atoms with E-state index in [4.69, 9.17) is 5.73 Å². The molecule has 2 heterocycles. The fourth-order valence-corrected chi connectivity index (χ4v) is 1.72. The summed E-state index contributed by atoms with van der Waals surface area (Å²) in [7, 11) is 0. The number of aromatic nitrogens is 4. The van der Waals surface area contributed by atoms with Gasteiger partial charge in [-0.25, -0.2) is 4.98 Å². The molecule has 0 aliphatic rings. The Hall–Kier alpha value is -2.64. The molecule has 1 amide bonds. The number of carbonyl (C=O) groups is 1. The molecule has 0 saturated carbocycles. The minimum absolute atomic E-state index is 0.0355. The van der Waals surface area contributed by atoms with Crippen molar-refractivity contribution in [3.8, 4) is 0 Å². The van der Waals surface area contributed by atoms with E-state index in [0.29, 0.717) is 18.7 Å². The number of nitrogens with one attached hydrogen (secondary N) is 2. The molecular formula is C12H16N6O2. The number of hydrogen-bond donors (Lipinski definition) is 3. The Morgan fingerprint density at radius 1 is 1.45 bits per heavy atom. The number of carbonyl (C=O) groups excluding carboxylic acids is 1. The maximum Gasteiger partial charge on any atom is 0.251 e. The van der Waals surface area contributed by atoms with Crippen molar-refractivity contribution >= 4 is 11.6 Å². The van der Waals surface area contributed by atoms with Gasteiger partial charge in [0.1, 0.15) is 18.7 Å². The summed E-state index contributed by atoms with van der Waals surface area (Å²) in [6, 6.07) is 2.85. The average Bonchev–Trinajstić information content (AvgIpc) is 2.92. The van der Waals surface area contributed by atoms with E-state index >= 15 is 0 Å². The third-order valence-corrected chi connectivity index (χ3v) is 2.70. The number of nitrogens with zero attached hydrogens (tertiary/aromatic N) is 3. The molecule has 8 nitrogen and oxygen atoms in total. The third-order valence-electron chi connectivity index (χ3n) is 2.70. The summed E-state index contributed by atoms with van der Waals surface area (Å²) in [5.41, 5.74) is 5.76. The van der Waals surface area contributed by atoms with Crippen molar-refractivity contribution in [3.05, 3.63) is 40.8 Å². The first kappa shape index (κ1) is 13.8. The number of amides is 1. The molecule has 20 heavy (non-hydrogen) atoms. The highest BCUT2D eigenvalue weighted by atomic mass is 16.2. The summed E-state index contributed by atoms with van der Waals surface area (Å²) in [6.45, 7) is 0.475. The maximum atomic E-state index is 11.7. The number of aromatic amines is 1. The number of pyridine rings is 1. The first-order valence-electron chi connectivity index (χ1n) is 6.22. The number of hydrogen-bond acceptors (Lipinski definition) is 5. The molecule has 2 aromatic heterocycles. The molecule has 0 aromatic carbocycles. The van der Waals surface area contributed by atoms with Gasteiger partial charge in [0.25, 0.3) is 5.56 Å². The summed E-state index contributed by atoms with van der Waals surface area (Å²) in [6.07, 6.45) is 4.35. The SMILES string of the molecule is Nc1ccc(=O)n(CC(=O)NCCCc2ncn[nH]2)c1. The van der Waals surface area contributed by atoms with Crippen LogP contribution in [0.5, 0.6) is 0 Å². The van der Waals surface area contributed by atoms with Crippen LogP contribution in [0.3, 0.4) is 0 Å². The molecule has 106 valence electrons. The van der Waals surface area contributed by atoms with Crippen LogP contribution >= 0.6 is 0 Å². The fraction of sp³-hybridized carbons (Fsp3) is 0.333. The van der Waals surface area contributed by atoms with Gasteiger partial charge in [-0.05, 0) is 12.5 Å². The van der Waals surface area contributed by atoms with Crippen LogP contribution in [0.1, 0.15) is 12.2 Å². The Kier molecular flexibility index (Phi) is 4.48. The topological polar surface area (TPSA) is 119 Å². The zero-order chi connectivity index (χ0) is 14.4. The molecule has 2 rings (SSSR count). The monoisotopic (exact) mass is 276 g/mol. The highest BCUT2D eigenvalue weighted by molar-refractivity contribution is 5.75. The number of aryl methyl sites for hydroxylation is 1. The lowest BCUT2D eigenvalue weighted by Gasteiger charge is -2.07. The van der Waals surface area contributed by atoms with Crippen LogP contribution in [0.4, 0.5) is 5.69 Å². The van der Waals surface area contributed by atoms with Gasteiger partial charge in [0, 0.05) is 30.9 Å². The molecule has 0 aliphatic heterocycles. The van der Waals surface area contributed by atoms with Gasteiger partial charge in [-0.1, -0.05) is 0 Å². The van der Waals surface area contributed by atoms with E-state index < -0.39 is 0 Å². The zero-order valence-corrected chi connectivity index (χ0v) is 10.9. The van der Waals surface area contributed by atoms with E-state index in [0.717, 1.165) is 12.2 Å². The van der Waals surface area contributed by atoms with Gasteiger partial charge < -0.3 is 15.6 Å². The molecule has 0 unspecified atom stereocenters. The van der Waals surface area contributed by atoms with Crippen LogP contribution in [0.15, 0.2) is 29.5 Å². The van der Waals surface area contributed by atoms with E-state index in [-0.39, 0.29) is 18.0 Å². The molecule has 0 atom stereocenters. The maximum absolute atomic E-state index is 11.7. The molecule has 0 spiro atoms. The largest absolute Gasteiger partial charge is 0.398 e. The van der Waals surface area contributed by atoms with E-state index in [1.165, 1.54) is 29.2 Å². The standard InChI is InChI=1S/C12H16N6O2/c13-9-3-4-12(20)18(6-9)7-11(19)14-5-1-2-10-15-8-16-17-10/h3-4,6,8H,1-2,5,7,13H2,(H,14,19)(H,15,16,17). The lowest BCUT2D eigenvalue weighted by Crippen LogP contribution is -2.32. The van der Waals surface area contributed by atoms with Crippen molar-refractivity contribution in [2.45, 2.75) is 19.4 Å². The molecule has 4 N–H and O–H groups in total. The molecule has 2 aromatic rings. The van der Waals surface area contributed by atoms with Crippen LogP contribution in [-0.4, -0.2) is 32.2 Å². The zero-order valence-electron chi connectivity index (χ0n) is 10.9. The Morgan fingerprint density at radius 2 is 2.30 bits per heavy atom. The van der Waals surface area contributed by atoms with Crippen molar-refractivity contribution in [3.63, 3.8) is 0 Å². The van der Waals surface area contributed by atoms with E-state index in [2.05, 4.69) is 20.5 Å². The van der Waals surface area contributed by atoms with Crippen LogP contribution in [0.25, 0.3) is 0 Å². The van der Waals surface area contributed by atoms with Gasteiger partial charge >= 0.3 is 0 Å². The summed E-state index contributed by atoms with van der Waals surface area (Å²) in [4.78, 5) is 27.2. The second kappa shape index (κ2) is 6.50. The highest BCUT2D eigenvalue weighted by Crippen LogP contribution is 1.96. The number of H-pyrrole nitrogens is 1. The normalized spacial score (nSPS) is 10.4. The van der Waals surface area contributed by atoms with E-state index in [1.54, 1.807) is 0 Å². The molecule has 0 radical (unpaired) electrons. The minimum Gasteiger partial charge on any atom is -0.398 e. The third kappa shape index (κ3) is 3.94. The second-order valence-electron chi connectivity index (χ2n) is 4.31. The van der Waals surface area contributed by atoms with Gasteiger partial charge in [-0.3, -0.25) is 14.7 Å². The predicted molar refractivity (Wildman–Crippen MR) is 72.8 cm³/mol. The molecule has 8 heteroatoms. The number of rotatable bonds is 6. The first-order chi connectivity index (χ1) is 9.65. The molecule has 0 saturated heterocycles. The van der Waals surface area contributed by atoms with Gasteiger partial charge in [0.15, 0.2) is 0 Å². The number of nitrogen functional groups attached to an aromatic ring is 1. The Bertz CT molecular complexity index is 619. The molecule has 0 fully saturated rings. The fourth-order valence-electron chi connectivity index (χ4n) is 1.72. The average molecular weight is 276 g/mol. The molecule has 0 bridgehead atoms. The Balaban J connectivity index is 1.75. The van der Waals surface area contributed by atoms with Crippen molar-refractivity contribution in [2.75, 3.05) is 12.3 Å². The summed E-state index contributed by atoms with van der Waals surface area (Å²) < 4.78 is 1.28. The van der Waals surface area contributed by atoms with Gasteiger partial charge in [-0.2, -0.15) is 5.10 Å². The Morgan fingerprint density at radius 3 is 3.05 bits per heavy atom. The second-order valence-corrected chi connectivity index (χ2v) is 4.31. The van der Waals surface area contributed by atoms with Crippen LogP contribution in [0.2, 0.25) is 0 Å². The van der Waals surface area contributed by atoms with Crippen molar-refractivity contribution in [1.29, 1.82) is 0 Å². The number of nitrogens with two attached hydrogens (primary N) is 1. The van der Waals surface area contributed by atoms with E-state index in [1.807, 2.05) is 0 Å². The van der Waals surface area contributed by atoms with Crippen molar-refractivity contribution in [2.24, 2.45) is 0 Å². The lowest BCUT2D eigenvalue weighted by molar-refractivity contribution is -0.121. The van der Waals surface area contributed by atoms with Gasteiger partial charge in [0.2, 0.25) is 5.91 Å². The Labute approximate surface area is 115 Å². The summed E-state index contributed by atoms with van der Waals surface area (Å²) >= 11 is 0.